The van der Waals surface area contributed by atoms with Crippen LogP contribution in [-0.2, 0) is 22.9 Å². The van der Waals surface area contributed by atoms with E-state index in [2.05, 4.69) is 50.7 Å². The number of aromatic nitrogens is 1. The zero-order valence-corrected chi connectivity index (χ0v) is 17.5. The van der Waals surface area contributed by atoms with E-state index in [-0.39, 0.29) is 17.9 Å². The van der Waals surface area contributed by atoms with Crippen LogP contribution in [0.2, 0.25) is 0 Å². The molecule has 1 unspecified atom stereocenters. The van der Waals surface area contributed by atoms with Crippen LogP contribution >= 0.6 is 0 Å². The third-order valence-electron chi connectivity index (χ3n) is 5.32. The number of carbonyl (C=O) groups excluding carboxylic acids is 1. The smallest absolute Gasteiger partial charge is 0.412 e. The number of amides is 1. The van der Waals surface area contributed by atoms with Crippen molar-refractivity contribution in [1.82, 2.24) is 9.47 Å². The molecule has 26 heavy (non-hydrogen) atoms. The first-order valence-electron chi connectivity index (χ1n) is 9.80. The van der Waals surface area contributed by atoms with E-state index in [0.29, 0.717) is 12.5 Å². The van der Waals surface area contributed by atoms with Gasteiger partial charge in [0.2, 0.25) is 0 Å². The Morgan fingerprint density at radius 3 is 2.69 bits per heavy atom. The quantitative estimate of drug-likeness (QED) is 0.732. The lowest BCUT2D eigenvalue weighted by Crippen LogP contribution is -2.52. The maximum Gasteiger partial charge on any atom is 0.412 e. The van der Waals surface area contributed by atoms with Crippen LogP contribution in [-0.4, -0.2) is 39.5 Å². The molecule has 0 bridgehead atoms. The Balaban J connectivity index is 2.18. The molecule has 5 heteroatoms. The highest BCUT2D eigenvalue weighted by atomic mass is 16.6. The molecule has 1 fully saturated rings. The van der Waals surface area contributed by atoms with Crippen molar-refractivity contribution >= 4 is 6.09 Å². The molecule has 0 N–H and O–H groups in total. The molecule has 0 radical (unpaired) electrons. The van der Waals surface area contributed by atoms with E-state index >= 15 is 0 Å². The van der Waals surface area contributed by atoms with Crippen molar-refractivity contribution in [2.75, 3.05) is 6.61 Å². The van der Waals surface area contributed by atoms with E-state index in [1.165, 1.54) is 5.69 Å². The third-order valence-corrected chi connectivity index (χ3v) is 5.32. The minimum absolute atomic E-state index is 0.210. The summed E-state index contributed by atoms with van der Waals surface area (Å²) in [7, 11) is 2.06. The molecular formula is C21H36N2O3. The van der Waals surface area contributed by atoms with Gasteiger partial charge in [0.05, 0.1) is 12.1 Å². The van der Waals surface area contributed by atoms with Crippen LogP contribution < -0.4 is 0 Å². The molecule has 1 aromatic rings. The fraction of sp³-hybridized carbons (Fsp3) is 0.762. The lowest BCUT2D eigenvalue weighted by molar-refractivity contribution is -0.0280. The van der Waals surface area contributed by atoms with E-state index in [9.17, 15) is 4.79 Å². The number of rotatable bonds is 6. The zero-order valence-electron chi connectivity index (χ0n) is 17.5. The Hall–Kier alpha value is -1.49. The Bertz CT molecular complexity index is 605. The van der Waals surface area contributed by atoms with Crippen molar-refractivity contribution in [3.8, 4) is 0 Å². The molecule has 2 rings (SSSR count). The van der Waals surface area contributed by atoms with Gasteiger partial charge in [0.25, 0.3) is 0 Å². The number of hydrogen-bond acceptors (Lipinski definition) is 3. The Morgan fingerprint density at radius 1 is 1.46 bits per heavy atom. The van der Waals surface area contributed by atoms with Gasteiger partial charge in [-0.3, -0.25) is 4.90 Å². The molecule has 1 aliphatic heterocycles. The highest BCUT2D eigenvalue weighted by molar-refractivity contribution is 5.70. The first-order valence-corrected chi connectivity index (χ1v) is 9.80. The Morgan fingerprint density at radius 2 is 2.15 bits per heavy atom. The molecule has 1 aromatic heterocycles. The van der Waals surface area contributed by atoms with Gasteiger partial charge in [-0.25, -0.2) is 4.79 Å². The molecule has 1 aliphatic rings. The van der Waals surface area contributed by atoms with Crippen LogP contribution in [0.1, 0.15) is 66.5 Å². The average molecular weight is 365 g/mol. The predicted octanol–water partition coefficient (Wildman–Crippen LogP) is 4.75. The van der Waals surface area contributed by atoms with Gasteiger partial charge in [-0.2, -0.15) is 0 Å². The standard InChI is InChI=1S/C21H36N2O3/c1-8-16(2)14-18-23(19(24)26-20(3,4)5)21(6,15-25-18)12-11-17-10-9-13-22(17)7/h9-10,13,16,18H,8,11-12,14-15H2,1-7H3/t16?,18-,21-/m1/s1. The molecule has 0 aliphatic carbocycles. The zero-order chi connectivity index (χ0) is 19.5. The van der Waals surface area contributed by atoms with Crippen molar-refractivity contribution < 1.29 is 14.3 Å². The second-order valence-electron chi connectivity index (χ2n) is 8.97. The second-order valence-corrected chi connectivity index (χ2v) is 8.97. The molecule has 1 amide bonds. The Kier molecular flexibility index (Phi) is 6.43. The SMILES string of the molecule is CCC(C)C[C@H]1OC[C@@](C)(CCc2cccn2C)N1C(=O)OC(C)(C)C. The van der Waals surface area contributed by atoms with Gasteiger partial charge in [0.1, 0.15) is 11.8 Å². The molecule has 0 spiro atoms. The molecule has 2 heterocycles. The van der Waals surface area contributed by atoms with Gasteiger partial charge in [-0.05, 0) is 65.0 Å². The summed E-state index contributed by atoms with van der Waals surface area (Å²) in [5, 5.41) is 0. The highest BCUT2D eigenvalue weighted by Gasteiger charge is 2.48. The van der Waals surface area contributed by atoms with E-state index in [0.717, 1.165) is 25.7 Å². The maximum absolute atomic E-state index is 13.0. The van der Waals surface area contributed by atoms with E-state index in [4.69, 9.17) is 9.47 Å². The fourth-order valence-corrected chi connectivity index (χ4v) is 3.45. The van der Waals surface area contributed by atoms with Crippen molar-refractivity contribution in [2.45, 2.75) is 84.6 Å². The lowest BCUT2D eigenvalue weighted by atomic mass is 9.93. The van der Waals surface area contributed by atoms with E-state index in [1.54, 1.807) is 0 Å². The van der Waals surface area contributed by atoms with Gasteiger partial charge in [0, 0.05) is 18.9 Å². The first-order chi connectivity index (χ1) is 12.1. The maximum atomic E-state index is 13.0. The molecule has 0 aromatic carbocycles. The van der Waals surface area contributed by atoms with Gasteiger partial charge < -0.3 is 14.0 Å². The summed E-state index contributed by atoms with van der Waals surface area (Å²) in [5.41, 5.74) is 0.394. The number of aryl methyl sites for hydroxylation is 2. The topological polar surface area (TPSA) is 43.7 Å². The van der Waals surface area contributed by atoms with Crippen molar-refractivity contribution in [1.29, 1.82) is 0 Å². The van der Waals surface area contributed by atoms with E-state index in [1.807, 2.05) is 25.7 Å². The minimum Gasteiger partial charge on any atom is -0.444 e. The van der Waals surface area contributed by atoms with Crippen molar-refractivity contribution in [3.63, 3.8) is 0 Å². The molecule has 1 saturated heterocycles. The van der Waals surface area contributed by atoms with Crippen LogP contribution in [0.4, 0.5) is 4.79 Å². The number of hydrogen-bond donors (Lipinski definition) is 0. The summed E-state index contributed by atoms with van der Waals surface area (Å²) in [5.74, 6) is 0.500. The summed E-state index contributed by atoms with van der Waals surface area (Å²) in [6, 6.07) is 4.19. The van der Waals surface area contributed by atoms with Crippen molar-refractivity contribution in [3.05, 3.63) is 24.0 Å². The predicted molar refractivity (Wildman–Crippen MR) is 104 cm³/mol. The summed E-state index contributed by atoms with van der Waals surface area (Å²) in [6.45, 7) is 12.8. The van der Waals surface area contributed by atoms with Gasteiger partial charge >= 0.3 is 6.09 Å². The van der Waals surface area contributed by atoms with Crippen LogP contribution in [0.5, 0.6) is 0 Å². The normalized spacial score (nSPS) is 24.7. The van der Waals surface area contributed by atoms with Gasteiger partial charge in [-0.15, -0.1) is 0 Å². The summed E-state index contributed by atoms with van der Waals surface area (Å²) in [4.78, 5) is 14.9. The number of nitrogens with zero attached hydrogens (tertiary/aromatic N) is 2. The minimum atomic E-state index is -0.514. The Labute approximate surface area is 158 Å². The van der Waals surface area contributed by atoms with Crippen LogP contribution in [0.3, 0.4) is 0 Å². The summed E-state index contributed by atoms with van der Waals surface area (Å²) in [6.07, 6.45) is 5.24. The van der Waals surface area contributed by atoms with Crippen LogP contribution in [0, 0.1) is 5.92 Å². The van der Waals surface area contributed by atoms with Crippen molar-refractivity contribution in [2.24, 2.45) is 13.0 Å². The highest BCUT2D eigenvalue weighted by Crippen LogP contribution is 2.36. The number of ether oxygens (including phenoxy) is 2. The molecule has 3 atom stereocenters. The monoisotopic (exact) mass is 364 g/mol. The van der Waals surface area contributed by atoms with E-state index < -0.39 is 5.60 Å². The lowest BCUT2D eigenvalue weighted by Gasteiger charge is -2.38. The van der Waals surface area contributed by atoms with Crippen LogP contribution in [0.15, 0.2) is 18.3 Å². The third kappa shape index (κ3) is 5.03. The van der Waals surface area contributed by atoms with Gasteiger partial charge in [0.15, 0.2) is 0 Å². The summed E-state index contributed by atoms with van der Waals surface area (Å²) >= 11 is 0. The largest absolute Gasteiger partial charge is 0.444 e. The first kappa shape index (κ1) is 20.8. The van der Waals surface area contributed by atoms with Crippen LogP contribution in [0.25, 0.3) is 0 Å². The number of carbonyl (C=O) groups is 1. The van der Waals surface area contributed by atoms with Gasteiger partial charge in [-0.1, -0.05) is 20.3 Å². The summed E-state index contributed by atoms with van der Waals surface area (Å²) < 4.78 is 14.0. The molecule has 5 nitrogen and oxygen atoms in total. The average Bonchev–Trinajstić information content (AvgIpc) is 3.07. The molecular weight excluding hydrogens is 328 g/mol. The fourth-order valence-electron chi connectivity index (χ4n) is 3.45. The molecule has 0 saturated carbocycles. The second kappa shape index (κ2) is 8.03. The molecule has 148 valence electrons.